The first-order valence-electron chi connectivity index (χ1n) is 8.76. The Hall–Kier alpha value is -4.49. The van der Waals surface area contributed by atoms with Crippen molar-refractivity contribution in [3.05, 3.63) is 92.9 Å². The predicted octanol–water partition coefficient (Wildman–Crippen LogP) is 4.12. The molecule has 9 nitrogen and oxygen atoms in total. The summed E-state index contributed by atoms with van der Waals surface area (Å²) in [5.41, 5.74) is 8.62. The number of nitrogens with zero attached hydrogens (tertiary/aromatic N) is 3. The van der Waals surface area contributed by atoms with Gasteiger partial charge in [0.25, 0.3) is 0 Å². The number of carbonyl (C=O) groups is 2. The summed E-state index contributed by atoms with van der Waals surface area (Å²) < 4.78 is 11.7. The summed E-state index contributed by atoms with van der Waals surface area (Å²) >= 11 is 0. The van der Waals surface area contributed by atoms with Crippen LogP contribution in [0.5, 0.6) is 23.0 Å². The van der Waals surface area contributed by atoms with Crippen molar-refractivity contribution in [3.63, 3.8) is 0 Å². The zero-order valence-corrected chi connectivity index (χ0v) is 15.1. The molecule has 1 amide bonds. The molecule has 0 aromatic heterocycles. The molecule has 2 heterocycles. The molecule has 0 aliphatic carbocycles. The second kappa shape index (κ2) is 6.00. The molecule has 2 N–H and O–H groups in total. The lowest BCUT2D eigenvalue weighted by molar-refractivity contribution is 0.0224. The summed E-state index contributed by atoms with van der Waals surface area (Å²) in [5.74, 6) is -1.11. The van der Waals surface area contributed by atoms with E-state index in [9.17, 15) is 19.8 Å². The number of amides is 1. The summed E-state index contributed by atoms with van der Waals surface area (Å²) in [6, 6.07) is 13.0. The van der Waals surface area contributed by atoms with Crippen molar-refractivity contribution in [3.8, 4) is 23.0 Å². The lowest BCUT2D eigenvalue weighted by Crippen LogP contribution is -2.33. The van der Waals surface area contributed by atoms with Crippen LogP contribution in [0.25, 0.3) is 10.4 Å². The van der Waals surface area contributed by atoms with Crippen LogP contribution >= 0.6 is 0 Å². The quantitative estimate of drug-likeness (QED) is 0.272. The topological polar surface area (TPSA) is 142 Å². The Kier molecular flexibility index (Phi) is 3.52. The molecule has 2 aliphatic heterocycles. The Morgan fingerprint density at radius 1 is 0.933 bits per heavy atom. The molecule has 3 aromatic carbocycles. The minimum atomic E-state index is -1.48. The number of ether oxygens (including phenoxy) is 2. The van der Waals surface area contributed by atoms with Gasteiger partial charge in [-0.1, -0.05) is 6.07 Å². The van der Waals surface area contributed by atoms with Gasteiger partial charge >= 0.3 is 5.97 Å². The average molecular weight is 401 g/mol. The summed E-state index contributed by atoms with van der Waals surface area (Å²) in [5, 5.41) is 22.9. The first-order valence-corrected chi connectivity index (χ1v) is 8.76. The molecule has 0 atom stereocenters. The zero-order chi connectivity index (χ0) is 21.0. The van der Waals surface area contributed by atoms with Crippen LogP contribution in [0.15, 0.2) is 59.7 Å². The van der Waals surface area contributed by atoms with Gasteiger partial charge in [0, 0.05) is 39.3 Å². The van der Waals surface area contributed by atoms with E-state index in [1.54, 1.807) is 12.1 Å². The molecule has 3 aromatic rings. The van der Waals surface area contributed by atoms with Crippen LogP contribution in [0.1, 0.15) is 37.4 Å². The summed E-state index contributed by atoms with van der Waals surface area (Å²) in [6.07, 6.45) is 0. The van der Waals surface area contributed by atoms with Crippen LogP contribution in [0.3, 0.4) is 0 Å². The number of azide groups is 1. The number of aromatic hydroxyl groups is 2. The van der Waals surface area contributed by atoms with Gasteiger partial charge in [0.15, 0.2) is 5.60 Å². The Labute approximate surface area is 168 Å². The van der Waals surface area contributed by atoms with E-state index in [4.69, 9.17) is 15.0 Å². The number of rotatable bonds is 1. The largest absolute Gasteiger partial charge is 0.508 e. The third-order valence-corrected chi connectivity index (χ3v) is 5.16. The molecule has 9 heteroatoms. The molecular formula is C21H11N3O6. The summed E-state index contributed by atoms with van der Waals surface area (Å²) in [6.45, 7) is 0. The van der Waals surface area contributed by atoms with Crippen molar-refractivity contribution in [1.82, 2.24) is 0 Å². The fraction of sp³-hybridized carbons (Fsp3) is 0.0476. The third-order valence-electron chi connectivity index (χ3n) is 5.16. The second-order valence-corrected chi connectivity index (χ2v) is 6.79. The molecule has 146 valence electrons. The van der Waals surface area contributed by atoms with Gasteiger partial charge in [-0.2, -0.15) is 0 Å². The van der Waals surface area contributed by atoms with E-state index in [1.165, 1.54) is 42.5 Å². The van der Waals surface area contributed by atoms with Gasteiger partial charge in [-0.05, 0) is 47.0 Å². The second-order valence-electron chi connectivity index (χ2n) is 6.79. The Morgan fingerprint density at radius 3 is 2.17 bits per heavy atom. The summed E-state index contributed by atoms with van der Waals surface area (Å²) in [4.78, 5) is 27.4. The fourth-order valence-corrected chi connectivity index (χ4v) is 3.93. The normalized spacial score (nSPS) is 14.6. The standard InChI is InChI=1S/C21H11N3O6/c22-24-23-19(27)10-1-4-13-16(7-10)21(30-20(13)28)14-5-2-11(25)8-17(14)29-18-9-12(26)3-6-15(18)21/h1-9,25-26H. The zero-order valence-electron chi connectivity index (χ0n) is 15.1. The highest BCUT2D eigenvalue weighted by Gasteiger charge is 2.53. The van der Waals surface area contributed by atoms with Gasteiger partial charge in [-0.25, -0.2) is 4.79 Å². The molecule has 0 saturated carbocycles. The van der Waals surface area contributed by atoms with Gasteiger partial charge in [0.2, 0.25) is 5.91 Å². The predicted molar refractivity (Wildman–Crippen MR) is 102 cm³/mol. The Balaban J connectivity index is 1.86. The average Bonchev–Trinajstić information content (AvgIpc) is 3.00. The lowest BCUT2D eigenvalue weighted by atomic mass is 9.77. The van der Waals surface area contributed by atoms with Crippen molar-refractivity contribution >= 4 is 11.9 Å². The first kappa shape index (κ1) is 17.6. The fourth-order valence-electron chi connectivity index (χ4n) is 3.93. The van der Waals surface area contributed by atoms with Crippen molar-refractivity contribution < 1.29 is 29.3 Å². The Bertz CT molecular complexity index is 1270. The highest BCUT2D eigenvalue weighted by Crippen LogP contribution is 2.57. The van der Waals surface area contributed by atoms with Crippen molar-refractivity contribution in [2.24, 2.45) is 5.11 Å². The minimum absolute atomic E-state index is 0.0654. The van der Waals surface area contributed by atoms with Crippen molar-refractivity contribution in [2.45, 2.75) is 5.60 Å². The maximum absolute atomic E-state index is 12.8. The van der Waals surface area contributed by atoms with Gasteiger partial charge in [-0.3, -0.25) is 4.79 Å². The van der Waals surface area contributed by atoms with E-state index in [0.29, 0.717) is 16.7 Å². The van der Waals surface area contributed by atoms with Gasteiger partial charge in [0.05, 0.1) is 5.56 Å². The molecule has 0 fully saturated rings. The smallest absolute Gasteiger partial charge is 0.340 e. The number of fused-ring (bicyclic) bond motifs is 6. The van der Waals surface area contributed by atoms with Crippen molar-refractivity contribution in [1.29, 1.82) is 0 Å². The molecule has 0 bridgehead atoms. The number of phenols is 2. The van der Waals surface area contributed by atoms with Crippen LogP contribution in [-0.2, 0) is 10.3 Å². The van der Waals surface area contributed by atoms with Crippen molar-refractivity contribution in [2.75, 3.05) is 0 Å². The molecule has 0 radical (unpaired) electrons. The minimum Gasteiger partial charge on any atom is -0.508 e. The van der Waals surface area contributed by atoms with E-state index in [2.05, 4.69) is 10.0 Å². The monoisotopic (exact) mass is 401 g/mol. The molecule has 0 unspecified atom stereocenters. The number of benzene rings is 3. The molecular weight excluding hydrogens is 390 g/mol. The number of esters is 1. The van der Waals surface area contributed by atoms with E-state index >= 15 is 0 Å². The highest BCUT2D eigenvalue weighted by molar-refractivity contribution is 6.00. The molecule has 5 rings (SSSR count). The Morgan fingerprint density at radius 2 is 1.57 bits per heavy atom. The number of carbonyl (C=O) groups excluding carboxylic acids is 2. The third kappa shape index (κ3) is 2.27. The highest BCUT2D eigenvalue weighted by atomic mass is 16.6. The van der Waals surface area contributed by atoms with E-state index in [-0.39, 0.29) is 34.1 Å². The molecule has 1 spiro atoms. The lowest BCUT2D eigenvalue weighted by Gasteiger charge is -2.36. The van der Waals surface area contributed by atoms with Gasteiger partial charge < -0.3 is 19.7 Å². The molecule has 30 heavy (non-hydrogen) atoms. The van der Waals surface area contributed by atoms with Crippen LogP contribution in [0.4, 0.5) is 0 Å². The number of hydrogen-bond acceptors (Lipinski definition) is 6. The van der Waals surface area contributed by atoms with E-state index < -0.39 is 17.5 Å². The van der Waals surface area contributed by atoms with E-state index in [0.717, 1.165) is 0 Å². The van der Waals surface area contributed by atoms with Crippen LogP contribution in [0, 0.1) is 0 Å². The number of hydrogen-bond donors (Lipinski definition) is 2. The first-order chi connectivity index (χ1) is 14.4. The SMILES string of the molecule is [N-]=[N+]=NC(=O)c1ccc2c(c1)C1(OC2=O)c2ccc(O)cc2Oc2cc(O)ccc21. The number of phenolic OH excluding ortho intramolecular Hbond substituents is 2. The van der Waals surface area contributed by atoms with Gasteiger partial charge in [-0.15, -0.1) is 0 Å². The molecule has 0 saturated heterocycles. The van der Waals surface area contributed by atoms with Crippen LogP contribution in [0.2, 0.25) is 0 Å². The van der Waals surface area contributed by atoms with Gasteiger partial charge in [0.1, 0.15) is 23.0 Å². The maximum atomic E-state index is 12.8. The van der Waals surface area contributed by atoms with E-state index in [1.807, 2.05) is 0 Å². The maximum Gasteiger partial charge on any atom is 0.340 e. The summed E-state index contributed by atoms with van der Waals surface area (Å²) in [7, 11) is 0. The van der Waals surface area contributed by atoms with Crippen LogP contribution < -0.4 is 4.74 Å². The molecule has 2 aliphatic rings. The van der Waals surface area contributed by atoms with Crippen LogP contribution in [-0.4, -0.2) is 22.1 Å².